The van der Waals surface area contributed by atoms with E-state index in [1.165, 1.54) is 184 Å². The maximum atomic E-state index is 4.41. The topological polar surface area (TPSA) is 43.9 Å². The predicted octanol–water partition coefficient (Wildman–Crippen LogP) is 0.664. The van der Waals surface area contributed by atoms with Crippen LogP contribution in [0.4, 0.5) is 0 Å². The van der Waals surface area contributed by atoms with Gasteiger partial charge in [-0.3, -0.25) is 0 Å². The molecule has 8 aromatic heterocycles. The van der Waals surface area contributed by atoms with Gasteiger partial charge in [-0.15, -0.1) is 0 Å². The van der Waals surface area contributed by atoms with Crippen molar-refractivity contribution in [2.24, 2.45) is 56.4 Å². The number of nitrogens with zero attached hydrogens (tertiary/aromatic N) is 9. The highest BCUT2D eigenvalue weighted by Gasteiger charge is 2.52. The van der Waals surface area contributed by atoms with Gasteiger partial charge < -0.3 is 0 Å². The number of rotatable bonds is 0. The van der Waals surface area contributed by atoms with Gasteiger partial charge in [-0.25, -0.2) is 36.5 Å². The first-order chi connectivity index (χ1) is 56.2. The van der Waals surface area contributed by atoms with Crippen molar-refractivity contribution in [2.75, 3.05) is 0 Å². The molecule has 18 heterocycles. The van der Waals surface area contributed by atoms with Gasteiger partial charge >= 0.3 is 33.6 Å². The Kier molecular flexibility index (Phi) is 17.2. The van der Waals surface area contributed by atoms with Gasteiger partial charge in [-0.1, -0.05) is 171 Å². The fraction of sp³-hybridized carbons (Fsp3) is 0.198. The smallest absolute Gasteiger partial charge is 0.245 e. The zero-order chi connectivity index (χ0) is 77.8. The molecule has 0 radical (unpaired) electrons. The van der Waals surface area contributed by atoms with Gasteiger partial charge in [0.15, 0.2) is 71.3 Å². The van der Waals surface area contributed by atoms with Gasteiger partial charge in [-0.05, 0) is 147 Å². The second-order valence-corrected chi connectivity index (χ2v) is 34.3. The largest absolute Gasteiger partial charge is 0.407 e. The molecule has 0 unspecified atom stereocenters. The van der Waals surface area contributed by atoms with Crippen molar-refractivity contribution in [3.05, 3.63) is 391 Å². The van der Waals surface area contributed by atoms with Crippen molar-refractivity contribution in [3.63, 3.8) is 0 Å². The molecule has 25 rings (SSSR count). The molecule has 0 atom stereocenters. The minimum atomic E-state index is 0.313. The van der Waals surface area contributed by atoms with E-state index in [1.807, 2.05) is 12.5 Å². The molecule has 10 aliphatic heterocycles. The summed E-state index contributed by atoms with van der Waals surface area (Å²) in [6.45, 7) is 6.33. The Bertz CT molecular complexity index is 5190. The van der Waals surface area contributed by atoms with Crippen molar-refractivity contribution in [3.8, 4) is 0 Å². The molecule has 0 bridgehead atoms. The van der Waals surface area contributed by atoms with Crippen LogP contribution in [-0.4, -0.2) is 38.5 Å². The van der Waals surface area contributed by atoms with E-state index in [-0.39, 0.29) is 0 Å². The van der Waals surface area contributed by atoms with Crippen molar-refractivity contribution < 1.29 is 36.5 Å². The lowest BCUT2D eigenvalue weighted by molar-refractivity contribution is -0.660. The standard InChI is InChI=1S/2C21H19BN.2C20H19BN2.C19H18BN3/c2*1-14-6-3-7-15-12-16-8-4-9-17-13-18-10-5-11-23(2)21(18)22(19(14)15)20(16)17;2*1-22-10-4-8-16-12-14-6-3-7-15-13-17-9-5-11-23(2)20(17)21(18(14)15)19(16)22;1-22-8-4-7-15-9-13-5-3-6-14-10-16-11-21-12-23(2)19(16)20(17(13)14)18(15)22/h4*3-11H,12-13H2,1-2H3;3-8,11-12H,9-10H2,1-2H3/q2*+1;3*+2. The lowest BCUT2D eigenvalue weighted by atomic mass is 9.31. The molecule has 14 heteroatoms. The van der Waals surface area contributed by atoms with Crippen LogP contribution in [0.5, 0.6) is 0 Å². The van der Waals surface area contributed by atoms with Crippen molar-refractivity contribution >= 4 is 117 Å². The third kappa shape index (κ3) is 11.5. The normalized spacial score (nSPS) is 14.1. The minimum absolute atomic E-state index is 0.313. The Morgan fingerprint density at radius 2 is 0.365 bits per heavy atom. The quantitative estimate of drug-likeness (QED) is 0.163. The summed E-state index contributed by atoms with van der Waals surface area (Å²) < 4.78 is 18.5. The van der Waals surface area contributed by atoms with Crippen molar-refractivity contribution in [1.29, 1.82) is 0 Å². The third-order valence-corrected chi connectivity index (χ3v) is 27.7. The Balaban J connectivity index is 0.0000000900. The highest BCUT2D eigenvalue weighted by Crippen LogP contribution is 2.28. The highest BCUT2D eigenvalue weighted by molar-refractivity contribution is 6.98. The summed E-state index contributed by atoms with van der Waals surface area (Å²) >= 11 is 0. The van der Waals surface area contributed by atoms with Crippen LogP contribution in [0.1, 0.15) is 122 Å². The van der Waals surface area contributed by atoms with E-state index in [2.05, 4.69) is 367 Å². The average molecular weight is 1490 g/mol. The molecule has 10 aliphatic rings. The number of aromatic nitrogens is 9. The molecular weight excluding hydrogens is 1390 g/mol. The van der Waals surface area contributed by atoms with Gasteiger partial charge in [0.05, 0.1) is 12.6 Å². The second kappa shape index (κ2) is 27.9. The fourth-order valence-corrected chi connectivity index (χ4v) is 23.1. The summed E-state index contributed by atoms with van der Waals surface area (Å²) in [5.41, 5.74) is 54.8. The van der Waals surface area contributed by atoms with E-state index in [0.29, 0.717) is 33.6 Å². The molecule has 0 saturated heterocycles. The molecule has 7 aromatic carbocycles. The van der Waals surface area contributed by atoms with Crippen LogP contribution in [0, 0.1) is 13.8 Å². The van der Waals surface area contributed by atoms with Crippen LogP contribution in [0.25, 0.3) is 0 Å². The van der Waals surface area contributed by atoms with Gasteiger partial charge in [0.25, 0.3) is 6.33 Å². The maximum absolute atomic E-state index is 4.41. The fourth-order valence-electron chi connectivity index (χ4n) is 23.1. The zero-order valence-electron chi connectivity index (χ0n) is 67.9. The zero-order valence-corrected chi connectivity index (χ0v) is 67.9. The van der Waals surface area contributed by atoms with Crippen LogP contribution in [-0.2, 0) is 121 Å². The summed E-state index contributed by atoms with van der Waals surface area (Å²) in [6, 6.07) is 79.1. The lowest BCUT2D eigenvalue weighted by Gasteiger charge is -2.32. The monoisotopic (exact) mass is 1490 g/mol. The SMILES string of the molecule is C[n+]1cccc2c1B1c3c(cccc3Cc3ccc[n+](C)c31)C2.C[n+]1cccc2c1B1c3c(cccc3Cc3ccc[n+](C)c31)C2.C[n+]1cccc2c1B1c3c(cccc3Cc3cnc[n+](C)c31)C2.Cc1cccc2c1B1c3c(cccc3Cc3ccc[n+](C)c31)C2.Cc1cccc2c1B1c3c(cccc3Cc3ccc[n+](C)c31)C2. The van der Waals surface area contributed by atoms with E-state index in [0.717, 1.165) is 64.2 Å². The Morgan fingerprint density at radius 3 is 0.609 bits per heavy atom. The Morgan fingerprint density at radius 1 is 0.191 bits per heavy atom. The van der Waals surface area contributed by atoms with Crippen LogP contribution in [0.15, 0.2) is 268 Å². The predicted molar refractivity (Wildman–Crippen MR) is 465 cm³/mol. The van der Waals surface area contributed by atoms with E-state index in [9.17, 15) is 0 Å². The van der Waals surface area contributed by atoms with Crippen LogP contribution >= 0.6 is 0 Å². The molecule has 115 heavy (non-hydrogen) atoms. The summed E-state index contributed by atoms with van der Waals surface area (Å²) in [5, 5.41) is 0. The van der Waals surface area contributed by atoms with Gasteiger partial charge in [-0.2, -0.15) is 0 Å². The van der Waals surface area contributed by atoms with Crippen molar-refractivity contribution in [2.45, 2.75) is 78.1 Å². The van der Waals surface area contributed by atoms with Crippen LogP contribution in [0.2, 0.25) is 0 Å². The van der Waals surface area contributed by atoms with Gasteiger partial charge in [0.1, 0.15) is 66.7 Å². The van der Waals surface area contributed by atoms with Crippen LogP contribution in [0.3, 0.4) is 0 Å². The Labute approximate surface area is 678 Å². The molecule has 550 valence electrons. The second-order valence-electron chi connectivity index (χ2n) is 34.3. The average Bonchev–Trinajstić information content (AvgIpc) is 0.747. The van der Waals surface area contributed by atoms with Crippen LogP contribution < -0.4 is 120 Å². The Hall–Kier alpha value is -12.0. The first kappa shape index (κ1) is 70.8. The molecule has 0 aliphatic carbocycles. The summed E-state index contributed by atoms with van der Waals surface area (Å²) in [7, 11) is 17.4. The molecule has 0 saturated carbocycles. The lowest BCUT2D eigenvalue weighted by Crippen LogP contribution is -2.75. The molecule has 15 aromatic rings. The first-order valence-corrected chi connectivity index (χ1v) is 41.5. The van der Waals surface area contributed by atoms with Gasteiger partial charge in [0.2, 0.25) is 0 Å². The minimum Gasteiger partial charge on any atom is -0.245 e. The number of fused-ring (bicyclic) bond motifs is 20. The molecule has 0 N–H and O–H groups in total. The number of aryl methyl sites for hydroxylation is 10. The number of hydrogen-bond acceptors (Lipinski definition) is 1. The summed E-state index contributed by atoms with van der Waals surface area (Å²) in [6.07, 6.45) is 29.8. The van der Waals surface area contributed by atoms with Gasteiger partial charge in [0, 0.05) is 138 Å². The molecule has 0 spiro atoms. The summed E-state index contributed by atoms with van der Waals surface area (Å²) in [4.78, 5) is 4.41. The number of hydrogen-bond donors (Lipinski definition) is 0. The maximum Gasteiger partial charge on any atom is 0.407 e. The molecule has 9 nitrogen and oxygen atoms in total. The molecule has 0 amide bonds. The third-order valence-electron chi connectivity index (χ3n) is 27.7. The van der Waals surface area contributed by atoms with E-state index >= 15 is 0 Å². The number of benzene rings is 7. The van der Waals surface area contributed by atoms with E-state index in [1.54, 1.807) is 21.9 Å². The summed E-state index contributed by atoms with van der Waals surface area (Å²) in [5.74, 6) is 0. The molecular formula is C101H94B5N9+8. The van der Waals surface area contributed by atoms with Crippen molar-refractivity contribution in [1.82, 2.24) is 4.98 Å². The highest BCUT2D eigenvalue weighted by atomic mass is 15.0. The van der Waals surface area contributed by atoms with E-state index in [4.69, 9.17) is 0 Å². The number of pyridine rings is 7. The molecule has 0 fully saturated rings. The van der Waals surface area contributed by atoms with E-state index < -0.39 is 0 Å². The first-order valence-electron chi connectivity index (χ1n) is 41.5.